The normalized spacial score (nSPS) is 10.9. The summed E-state index contributed by atoms with van der Waals surface area (Å²) in [5.41, 5.74) is 2.07. The smallest absolute Gasteiger partial charge is 0.304 e. The van der Waals surface area contributed by atoms with E-state index in [0.29, 0.717) is 23.7 Å². The number of H-pyrrole nitrogens is 1. The van der Waals surface area contributed by atoms with E-state index in [4.69, 9.17) is 5.84 Å². The van der Waals surface area contributed by atoms with Crippen molar-refractivity contribution in [3.63, 3.8) is 0 Å². The van der Waals surface area contributed by atoms with E-state index in [1.54, 1.807) is 4.57 Å². The van der Waals surface area contributed by atoms with Crippen LogP contribution in [0.5, 0.6) is 0 Å². The lowest BCUT2D eigenvalue weighted by atomic mass is 10.5. The number of hydrazine groups is 1. The molecule has 0 aliphatic rings. The summed E-state index contributed by atoms with van der Waals surface area (Å²) in [7, 11) is 1.54. The monoisotopic (exact) mass is 224 g/mol. The summed E-state index contributed by atoms with van der Waals surface area (Å²) in [6.07, 6.45) is 0. The van der Waals surface area contributed by atoms with Crippen LogP contribution in [0.3, 0.4) is 0 Å². The standard InChI is InChI=1S/C8H12N6O2/c1-3-14-4-5(10-7(14)12-9)13(2)8(16)11-6(4)15/h3,9H2,1-2H3,(H,10,12)(H,11,15,16). The lowest BCUT2D eigenvalue weighted by Crippen LogP contribution is -2.29. The minimum atomic E-state index is -0.498. The molecule has 2 rings (SSSR count). The number of nitrogens with two attached hydrogens (primary N) is 1. The number of imidazole rings is 1. The Bertz CT molecular complexity index is 649. The molecule has 0 radical (unpaired) electrons. The molecule has 86 valence electrons. The van der Waals surface area contributed by atoms with Gasteiger partial charge in [0, 0.05) is 13.6 Å². The maximum absolute atomic E-state index is 11.7. The first kappa shape index (κ1) is 10.4. The summed E-state index contributed by atoms with van der Waals surface area (Å²) in [6, 6.07) is 0. The number of anilines is 1. The molecule has 0 bridgehead atoms. The molecule has 2 aromatic heterocycles. The molecule has 16 heavy (non-hydrogen) atoms. The first-order valence-corrected chi connectivity index (χ1v) is 4.76. The largest absolute Gasteiger partial charge is 0.329 e. The van der Waals surface area contributed by atoms with Crippen molar-refractivity contribution >= 4 is 17.1 Å². The Balaban J connectivity index is 3.03. The van der Waals surface area contributed by atoms with Crippen molar-refractivity contribution in [2.75, 3.05) is 5.43 Å². The van der Waals surface area contributed by atoms with Crippen LogP contribution >= 0.6 is 0 Å². The lowest BCUT2D eigenvalue weighted by Gasteiger charge is -2.03. The van der Waals surface area contributed by atoms with Crippen molar-refractivity contribution < 1.29 is 0 Å². The third-order valence-electron chi connectivity index (χ3n) is 2.45. The fourth-order valence-corrected chi connectivity index (χ4v) is 1.65. The molecule has 0 unspecified atom stereocenters. The zero-order valence-electron chi connectivity index (χ0n) is 8.94. The number of aromatic amines is 1. The lowest BCUT2D eigenvalue weighted by molar-refractivity contribution is 0.781. The van der Waals surface area contributed by atoms with E-state index in [0.717, 1.165) is 0 Å². The molecule has 2 aromatic rings. The Hall–Kier alpha value is -2.09. The van der Waals surface area contributed by atoms with E-state index < -0.39 is 11.2 Å². The average molecular weight is 224 g/mol. The molecule has 4 N–H and O–H groups in total. The van der Waals surface area contributed by atoms with Crippen molar-refractivity contribution in [2.45, 2.75) is 13.5 Å². The molecule has 0 aliphatic carbocycles. The molecule has 8 nitrogen and oxygen atoms in total. The number of rotatable bonds is 2. The molecule has 2 heterocycles. The van der Waals surface area contributed by atoms with E-state index in [9.17, 15) is 9.59 Å². The Morgan fingerprint density at radius 1 is 1.50 bits per heavy atom. The number of aromatic nitrogens is 4. The Labute approximate surface area is 89.7 Å². The minimum Gasteiger partial charge on any atom is -0.304 e. The predicted molar refractivity (Wildman–Crippen MR) is 59.1 cm³/mol. The van der Waals surface area contributed by atoms with Gasteiger partial charge in [-0.3, -0.25) is 19.8 Å². The van der Waals surface area contributed by atoms with Gasteiger partial charge >= 0.3 is 5.69 Å². The number of hydrogen-bond donors (Lipinski definition) is 3. The summed E-state index contributed by atoms with van der Waals surface area (Å²) in [4.78, 5) is 29.3. The highest BCUT2D eigenvalue weighted by molar-refractivity contribution is 5.73. The second kappa shape index (κ2) is 3.49. The average Bonchev–Trinajstić information content (AvgIpc) is 2.64. The molecule has 0 saturated carbocycles. The molecular formula is C8H12N6O2. The third-order valence-corrected chi connectivity index (χ3v) is 2.45. The molecule has 0 fully saturated rings. The van der Waals surface area contributed by atoms with Crippen LogP contribution in [0.1, 0.15) is 6.92 Å². The van der Waals surface area contributed by atoms with Crippen molar-refractivity contribution in [2.24, 2.45) is 12.9 Å². The van der Waals surface area contributed by atoms with Gasteiger partial charge in [0.15, 0.2) is 11.2 Å². The van der Waals surface area contributed by atoms with Gasteiger partial charge in [0.2, 0.25) is 5.95 Å². The Morgan fingerprint density at radius 2 is 2.19 bits per heavy atom. The van der Waals surface area contributed by atoms with Gasteiger partial charge in [0.25, 0.3) is 5.56 Å². The Kier molecular flexibility index (Phi) is 2.27. The minimum absolute atomic E-state index is 0.309. The Morgan fingerprint density at radius 3 is 2.75 bits per heavy atom. The maximum atomic E-state index is 11.7. The third kappa shape index (κ3) is 1.23. The van der Waals surface area contributed by atoms with Gasteiger partial charge in [-0.25, -0.2) is 10.6 Å². The van der Waals surface area contributed by atoms with Crippen LogP contribution in [0.4, 0.5) is 5.95 Å². The van der Waals surface area contributed by atoms with Gasteiger partial charge in [-0.15, -0.1) is 0 Å². The van der Waals surface area contributed by atoms with Gasteiger partial charge in [-0.05, 0) is 6.92 Å². The van der Waals surface area contributed by atoms with Crippen LogP contribution in [0.15, 0.2) is 9.59 Å². The van der Waals surface area contributed by atoms with Gasteiger partial charge in [-0.1, -0.05) is 0 Å². The quantitative estimate of drug-likeness (QED) is 0.435. The molecule has 0 spiro atoms. The van der Waals surface area contributed by atoms with Crippen LogP contribution in [-0.4, -0.2) is 19.1 Å². The number of nitrogen functional groups attached to an aromatic ring is 1. The van der Waals surface area contributed by atoms with Crippen LogP contribution < -0.4 is 22.5 Å². The summed E-state index contributed by atoms with van der Waals surface area (Å²) in [5.74, 6) is 5.65. The predicted octanol–water partition coefficient (Wildman–Crippen LogP) is -1.27. The number of nitrogens with zero attached hydrogens (tertiary/aromatic N) is 3. The van der Waals surface area contributed by atoms with Crippen molar-refractivity contribution in [3.05, 3.63) is 20.8 Å². The van der Waals surface area contributed by atoms with E-state index >= 15 is 0 Å². The zero-order valence-corrected chi connectivity index (χ0v) is 8.94. The summed E-state index contributed by atoms with van der Waals surface area (Å²) in [6.45, 7) is 2.38. The van der Waals surface area contributed by atoms with Crippen molar-refractivity contribution in [1.82, 2.24) is 19.1 Å². The maximum Gasteiger partial charge on any atom is 0.329 e. The second-order valence-corrected chi connectivity index (χ2v) is 3.31. The summed E-state index contributed by atoms with van der Waals surface area (Å²) in [5, 5.41) is 0. The summed E-state index contributed by atoms with van der Waals surface area (Å²) < 4.78 is 2.87. The van der Waals surface area contributed by atoms with E-state index in [1.165, 1.54) is 11.6 Å². The van der Waals surface area contributed by atoms with E-state index in [2.05, 4.69) is 15.4 Å². The van der Waals surface area contributed by atoms with Crippen LogP contribution in [0, 0.1) is 0 Å². The number of nitrogens with one attached hydrogen (secondary N) is 2. The highest BCUT2D eigenvalue weighted by atomic mass is 16.2. The molecule has 0 amide bonds. The van der Waals surface area contributed by atoms with Crippen LogP contribution in [-0.2, 0) is 13.6 Å². The molecule has 0 aromatic carbocycles. The first-order chi connectivity index (χ1) is 7.60. The highest BCUT2D eigenvalue weighted by Crippen LogP contribution is 2.13. The molecule has 0 saturated heterocycles. The van der Waals surface area contributed by atoms with Gasteiger partial charge in [-0.2, -0.15) is 4.98 Å². The van der Waals surface area contributed by atoms with Gasteiger partial charge in [0.1, 0.15) is 0 Å². The number of fused-ring (bicyclic) bond motifs is 1. The van der Waals surface area contributed by atoms with Crippen molar-refractivity contribution in [3.8, 4) is 0 Å². The fraction of sp³-hybridized carbons (Fsp3) is 0.375. The van der Waals surface area contributed by atoms with Gasteiger partial charge in [0.05, 0.1) is 0 Å². The SMILES string of the molecule is CCn1c(NN)nc2c1c(=O)[nH]c(=O)n2C. The number of hydrogen-bond acceptors (Lipinski definition) is 5. The molecule has 8 heteroatoms. The number of aryl methyl sites for hydroxylation is 2. The molecular weight excluding hydrogens is 212 g/mol. The van der Waals surface area contributed by atoms with E-state index in [-0.39, 0.29) is 0 Å². The van der Waals surface area contributed by atoms with Crippen LogP contribution in [0.2, 0.25) is 0 Å². The first-order valence-electron chi connectivity index (χ1n) is 4.76. The topological polar surface area (TPSA) is 111 Å². The second-order valence-electron chi connectivity index (χ2n) is 3.31. The zero-order chi connectivity index (χ0) is 11.9. The van der Waals surface area contributed by atoms with Gasteiger partial charge < -0.3 is 4.57 Å². The molecule has 0 atom stereocenters. The fourth-order valence-electron chi connectivity index (χ4n) is 1.65. The van der Waals surface area contributed by atoms with Crippen molar-refractivity contribution in [1.29, 1.82) is 0 Å². The van der Waals surface area contributed by atoms with Crippen LogP contribution in [0.25, 0.3) is 11.2 Å². The highest BCUT2D eigenvalue weighted by Gasteiger charge is 2.14. The van der Waals surface area contributed by atoms with E-state index in [1.807, 2.05) is 6.92 Å². The summed E-state index contributed by atoms with van der Waals surface area (Å²) >= 11 is 0. The molecule has 0 aliphatic heterocycles.